The van der Waals surface area contributed by atoms with E-state index in [0.717, 1.165) is 87.0 Å². The van der Waals surface area contributed by atoms with E-state index in [9.17, 15) is 9.59 Å². The zero-order valence-electron chi connectivity index (χ0n) is 32.8. The van der Waals surface area contributed by atoms with Gasteiger partial charge in [-0.2, -0.15) is 10.2 Å². The number of aromatic nitrogens is 2. The van der Waals surface area contributed by atoms with Gasteiger partial charge in [0.05, 0.1) is 23.8 Å². The van der Waals surface area contributed by atoms with Crippen LogP contribution in [0.5, 0.6) is 0 Å². The van der Waals surface area contributed by atoms with Crippen LogP contribution in [0.3, 0.4) is 0 Å². The van der Waals surface area contributed by atoms with Crippen LogP contribution in [0.15, 0.2) is 144 Å². The number of amides is 2. The Balaban J connectivity index is 0.868. The largest absolute Gasteiger partial charge is 0.352 e. The first-order valence-electron chi connectivity index (χ1n) is 19.7. The Labute approximate surface area is 332 Å². The zero-order valence-corrected chi connectivity index (χ0v) is 32.8. The Hall–Kier alpha value is -6.16. The summed E-state index contributed by atoms with van der Waals surface area (Å²) in [6.07, 6.45) is 20.4. The number of anilines is 2. The van der Waals surface area contributed by atoms with Crippen LogP contribution in [0.25, 0.3) is 0 Å². The van der Waals surface area contributed by atoms with Crippen LogP contribution in [-0.2, 0) is 13.1 Å². The first kappa shape index (κ1) is 41.0. The minimum Gasteiger partial charge on any atom is -0.352 e. The maximum absolute atomic E-state index is 12.6. The molecule has 56 heavy (non-hydrogen) atoms. The fraction of sp³-hybridized carbons (Fsp3) is 0.304. The fourth-order valence-electron chi connectivity index (χ4n) is 6.06. The number of unbranched alkanes of at least 4 members (excludes halogenated alkanes) is 6. The highest BCUT2D eigenvalue weighted by Crippen LogP contribution is 2.12. The lowest BCUT2D eigenvalue weighted by Gasteiger charge is -2.11. The Bertz CT molecular complexity index is 1810. The van der Waals surface area contributed by atoms with E-state index >= 15 is 0 Å². The van der Waals surface area contributed by atoms with E-state index in [4.69, 9.17) is 0 Å². The maximum Gasteiger partial charge on any atom is 0.251 e. The number of nitrogens with zero attached hydrogens (tertiary/aromatic N) is 6. The molecule has 2 amide bonds. The fourth-order valence-corrected chi connectivity index (χ4v) is 6.06. The summed E-state index contributed by atoms with van der Waals surface area (Å²) in [7, 11) is 3.88. The number of carbonyl (C=O) groups excluding carboxylic acids is 2. The Morgan fingerprint density at radius 1 is 0.500 bits per heavy atom. The van der Waals surface area contributed by atoms with Crippen LogP contribution in [0.4, 0.5) is 11.4 Å². The molecule has 10 heteroatoms. The van der Waals surface area contributed by atoms with Crippen molar-refractivity contribution < 1.29 is 18.7 Å². The van der Waals surface area contributed by atoms with Crippen molar-refractivity contribution in [1.29, 1.82) is 0 Å². The normalized spacial score (nSPS) is 11.2. The van der Waals surface area contributed by atoms with Crippen molar-refractivity contribution in [3.63, 3.8) is 0 Å². The van der Waals surface area contributed by atoms with E-state index in [1.165, 1.54) is 0 Å². The zero-order chi connectivity index (χ0) is 39.2. The summed E-state index contributed by atoms with van der Waals surface area (Å²) in [6.45, 7) is 3.17. The summed E-state index contributed by atoms with van der Waals surface area (Å²) in [5.74, 6) is -0.221. The van der Waals surface area contributed by atoms with Crippen molar-refractivity contribution >= 4 is 35.6 Å². The molecule has 0 spiro atoms. The van der Waals surface area contributed by atoms with Gasteiger partial charge in [0.2, 0.25) is 0 Å². The van der Waals surface area contributed by atoms with Crippen molar-refractivity contribution in [1.82, 2.24) is 10.6 Å². The summed E-state index contributed by atoms with van der Waals surface area (Å²) in [5.41, 5.74) is 5.33. The van der Waals surface area contributed by atoms with Crippen LogP contribution in [0.1, 0.15) is 83.2 Å². The van der Waals surface area contributed by atoms with E-state index < -0.39 is 0 Å². The van der Waals surface area contributed by atoms with Crippen LogP contribution in [0.2, 0.25) is 0 Å². The van der Waals surface area contributed by atoms with Gasteiger partial charge in [-0.1, -0.05) is 49.2 Å². The van der Waals surface area contributed by atoms with E-state index in [2.05, 4.69) is 79.0 Å². The number of hydrogen-bond acceptors (Lipinski definition) is 6. The molecule has 0 aliphatic carbocycles. The van der Waals surface area contributed by atoms with Gasteiger partial charge >= 0.3 is 0 Å². The highest BCUT2D eigenvalue weighted by molar-refractivity contribution is 5.97. The number of carbonyl (C=O) groups is 2. The molecular formula is C46H56N8O2+2. The van der Waals surface area contributed by atoms with Crippen molar-refractivity contribution in [2.75, 3.05) is 37.2 Å². The molecule has 0 saturated carbocycles. The first-order chi connectivity index (χ1) is 27.4. The van der Waals surface area contributed by atoms with Gasteiger partial charge in [0.1, 0.15) is 13.1 Å². The number of nitrogens with one attached hydrogen (secondary N) is 2. The molecule has 0 aliphatic rings. The van der Waals surface area contributed by atoms with Gasteiger partial charge in [-0.15, -0.1) is 0 Å². The summed E-state index contributed by atoms with van der Waals surface area (Å²) in [5, 5.41) is 18.8. The number of pyridine rings is 2. The van der Waals surface area contributed by atoms with Crippen molar-refractivity contribution in [3.8, 4) is 0 Å². The first-order valence-corrected chi connectivity index (χ1v) is 19.7. The molecule has 0 aliphatic heterocycles. The third kappa shape index (κ3) is 14.2. The summed E-state index contributed by atoms with van der Waals surface area (Å²) in [4.78, 5) is 25.3. The quantitative estimate of drug-likeness (QED) is 0.0339. The highest BCUT2D eigenvalue weighted by Gasteiger charge is 2.09. The van der Waals surface area contributed by atoms with E-state index in [1.807, 2.05) is 97.2 Å². The smallest absolute Gasteiger partial charge is 0.251 e. The molecule has 0 fully saturated rings. The van der Waals surface area contributed by atoms with Gasteiger partial charge in [-0.3, -0.25) is 19.6 Å². The molecule has 0 atom stereocenters. The summed E-state index contributed by atoms with van der Waals surface area (Å²) >= 11 is 0. The molecule has 2 N–H and O–H groups in total. The van der Waals surface area contributed by atoms with Crippen molar-refractivity contribution in [2.45, 2.75) is 64.5 Å². The lowest BCUT2D eigenvalue weighted by molar-refractivity contribution is -0.697. The molecule has 5 aromatic rings. The monoisotopic (exact) mass is 752 g/mol. The Morgan fingerprint density at radius 2 is 0.857 bits per heavy atom. The second-order valence-electron chi connectivity index (χ2n) is 13.9. The Kier molecular flexibility index (Phi) is 16.8. The predicted molar refractivity (Wildman–Crippen MR) is 226 cm³/mol. The molecule has 2 aromatic heterocycles. The standard InChI is InChI=1S/C46H54N8O2/c1-51(43-17-9-7-10-18-43)49-37-39-25-33-53(34-26-39)31-15-5-3-13-29-47-45(55)41-21-23-42(24-22-41)46(56)48-30-14-4-6-16-32-54-35-27-40(28-36-54)38-50-52(2)44-19-11-8-12-20-44/h7-12,17-28,33-38H,3-6,13-16,29-32H2,1-2H3/p+2. The van der Waals surface area contributed by atoms with Crippen LogP contribution < -0.4 is 29.8 Å². The second-order valence-corrected chi connectivity index (χ2v) is 13.9. The van der Waals surface area contributed by atoms with E-state index in [1.54, 1.807) is 24.3 Å². The topological polar surface area (TPSA) is 97.2 Å². The van der Waals surface area contributed by atoms with Crippen LogP contribution in [0, 0.1) is 0 Å². The second kappa shape index (κ2) is 22.9. The van der Waals surface area contributed by atoms with Crippen LogP contribution in [-0.4, -0.2) is 51.4 Å². The lowest BCUT2D eigenvalue weighted by Crippen LogP contribution is -2.32. The number of hydrogen-bond donors (Lipinski definition) is 2. The van der Waals surface area contributed by atoms with Gasteiger partial charge in [-0.25, -0.2) is 9.13 Å². The molecule has 2 heterocycles. The number of hydrazone groups is 2. The number of para-hydroxylation sites is 2. The van der Waals surface area contributed by atoms with Gasteiger partial charge in [0.15, 0.2) is 24.8 Å². The highest BCUT2D eigenvalue weighted by atomic mass is 16.2. The molecule has 5 rings (SSSR count). The van der Waals surface area contributed by atoms with E-state index in [0.29, 0.717) is 24.2 Å². The molecule has 0 unspecified atom stereocenters. The molecule has 10 nitrogen and oxygen atoms in total. The minimum atomic E-state index is -0.110. The third-order valence-electron chi connectivity index (χ3n) is 9.52. The summed E-state index contributed by atoms with van der Waals surface area (Å²) < 4.78 is 4.38. The number of rotatable bonds is 22. The van der Waals surface area contributed by atoms with Gasteiger partial charge in [-0.05, 0) is 74.2 Å². The SMILES string of the molecule is CN(N=Cc1cc[n+](CCCCCCNC(=O)c2ccc(C(=O)NCCCCCC[n+]3ccc(C=NN(C)c4ccccc4)cc3)cc2)cc1)c1ccccc1. The average Bonchev–Trinajstić information content (AvgIpc) is 3.25. The molecule has 3 aromatic carbocycles. The van der Waals surface area contributed by atoms with Crippen molar-refractivity contribution in [2.24, 2.45) is 10.2 Å². The number of aryl methyl sites for hydroxylation is 2. The average molecular weight is 753 g/mol. The van der Waals surface area contributed by atoms with Gasteiger partial charge < -0.3 is 10.6 Å². The third-order valence-corrected chi connectivity index (χ3v) is 9.52. The molecule has 0 saturated heterocycles. The molecular weight excluding hydrogens is 697 g/mol. The number of benzene rings is 3. The minimum absolute atomic E-state index is 0.110. The van der Waals surface area contributed by atoms with Crippen molar-refractivity contribution in [3.05, 3.63) is 156 Å². The van der Waals surface area contributed by atoms with E-state index in [-0.39, 0.29) is 11.8 Å². The lowest BCUT2D eigenvalue weighted by atomic mass is 10.1. The predicted octanol–water partition coefficient (Wildman–Crippen LogP) is 7.18. The van der Waals surface area contributed by atoms with Gasteiger partial charge in [0.25, 0.3) is 11.8 Å². The molecule has 290 valence electrons. The van der Waals surface area contributed by atoms with Gasteiger partial charge in [0, 0.05) is 86.5 Å². The van der Waals surface area contributed by atoms with Crippen LogP contribution >= 0.6 is 0 Å². The molecule has 0 bridgehead atoms. The maximum atomic E-state index is 12.6. The summed E-state index contributed by atoms with van der Waals surface area (Å²) in [6, 6.07) is 35.3. The Morgan fingerprint density at radius 3 is 1.23 bits per heavy atom. The molecule has 0 radical (unpaired) electrons.